The van der Waals surface area contributed by atoms with Crippen molar-refractivity contribution in [2.75, 3.05) is 18.4 Å². The highest BCUT2D eigenvalue weighted by Crippen LogP contribution is 2.35. The van der Waals surface area contributed by atoms with Gasteiger partial charge in [0, 0.05) is 18.9 Å². The lowest BCUT2D eigenvalue weighted by Crippen LogP contribution is -2.19. The molecule has 5 rings (SSSR count). The first-order valence-electron chi connectivity index (χ1n) is 11.1. The third kappa shape index (κ3) is 5.43. The molecule has 0 bridgehead atoms. The molecule has 8 nitrogen and oxygen atoms in total. The second kappa shape index (κ2) is 9.50. The Labute approximate surface area is 205 Å². The van der Waals surface area contributed by atoms with Crippen LogP contribution in [-0.2, 0) is 18.9 Å². The fraction of sp³-hybridized carbons (Fsp3) is 0.304. The zero-order valence-electron chi connectivity index (χ0n) is 19.0. The van der Waals surface area contributed by atoms with Crippen molar-refractivity contribution in [1.29, 1.82) is 0 Å². The van der Waals surface area contributed by atoms with Crippen LogP contribution in [0, 0.1) is 0 Å². The van der Waals surface area contributed by atoms with Gasteiger partial charge in [-0.3, -0.25) is 4.90 Å². The molecule has 0 spiro atoms. The Morgan fingerprint density at radius 2 is 1.65 bits per heavy atom. The lowest BCUT2D eigenvalue weighted by atomic mass is 10.1. The number of alkyl halides is 6. The van der Waals surface area contributed by atoms with Gasteiger partial charge in [0.15, 0.2) is 5.65 Å². The second-order valence-electron chi connectivity index (χ2n) is 8.41. The van der Waals surface area contributed by atoms with E-state index < -0.39 is 29.2 Å². The van der Waals surface area contributed by atoms with Gasteiger partial charge in [-0.15, -0.1) is 0 Å². The fourth-order valence-corrected chi connectivity index (χ4v) is 4.03. The molecule has 0 amide bonds. The molecule has 192 valence electrons. The van der Waals surface area contributed by atoms with E-state index in [2.05, 4.69) is 40.1 Å². The van der Waals surface area contributed by atoms with Crippen LogP contribution in [0.25, 0.3) is 22.6 Å². The van der Waals surface area contributed by atoms with Gasteiger partial charge in [0.25, 0.3) is 0 Å². The van der Waals surface area contributed by atoms with E-state index in [0.717, 1.165) is 44.5 Å². The number of nitrogens with zero attached hydrogens (tertiary/aromatic N) is 7. The minimum absolute atomic E-state index is 0.0512. The molecule has 14 heteroatoms. The number of hydrogen-bond acceptors (Lipinski definition) is 8. The third-order valence-corrected chi connectivity index (χ3v) is 5.77. The molecule has 4 aromatic rings. The average molecular weight is 520 g/mol. The number of halogens is 6. The van der Waals surface area contributed by atoms with Crippen LogP contribution in [0.15, 0.2) is 43.1 Å². The van der Waals surface area contributed by atoms with Crippen molar-refractivity contribution in [2.24, 2.45) is 0 Å². The second-order valence-corrected chi connectivity index (χ2v) is 8.41. The van der Waals surface area contributed by atoms with E-state index in [4.69, 9.17) is 0 Å². The first-order valence-corrected chi connectivity index (χ1v) is 11.1. The Bertz CT molecular complexity index is 1420. The fourth-order valence-electron chi connectivity index (χ4n) is 4.03. The lowest BCUT2D eigenvalue weighted by molar-refractivity contribution is -0.138. The predicted octanol–water partition coefficient (Wildman–Crippen LogP) is 5.25. The van der Waals surface area contributed by atoms with Gasteiger partial charge >= 0.3 is 12.4 Å². The summed E-state index contributed by atoms with van der Waals surface area (Å²) in [5, 5.41) is 2.94. The van der Waals surface area contributed by atoms with Crippen molar-refractivity contribution in [3.05, 3.63) is 59.9 Å². The van der Waals surface area contributed by atoms with Gasteiger partial charge in [-0.1, -0.05) is 0 Å². The highest BCUT2D eigenvalue weighted by Gasteiger charge is 2.35. The highest BCUT2D eigenvalue weighted by atomic mass is 19.4. The van der Waals surface area contributed by atoms with Crippen molar-refractivity contribution >= 4 is 22.7 Å². The highest BCUT2D eigenvalue weighted by molar-refractivity contribution is 5.88. The Hall–Kier alpha value is -3.94. The average Bonchev–Trinajstić information content (AvgIpc) is 3.36. The van der Waals surface area contributed by atoms with Crippen LogP contribution in [0.4, 0.5) is 37.8 Å². The van der Waals surface area contributed by atoms with Gasteiger partial charge in [0.2, 0.25) is 0 Å². The number of hydrogen-bond donors (Lipinski definition) is 1. The molecule has 37 heavy (non-hydrogen) atoms. The molecule has 1 N–H and O–H groups in total. The molecule has 0 aliphatic carbocycles. The van der Waals surface area contributed by atoms with Crippen molar-refractivity contribution in [1.82, 2.24) is 34.8 Å². The molecule has 0 radical (unpaired) electrons. The number of pyridine rings is 2. The summed E-state index contributed by atoms with van der Waals surface area (Å²) >= 11 is 0. The molecule has 0 atom stereocenters. The van der Waals surface area contributed by atoms with Crippen LogP contribution in [0.1, 0.15) is 29.7 Å². The van der Waals surface area contributed by atoms with Gasteiger partial charge < -0.3 is 5.32 Å². The van der Waals surface area contributed by atoms with E-state index in [0.29, 0.717) is 30.3 Å². The summed E-state index contributed by atoms with van der Waals surface area (Å²) in [5.41, 5.74) is -1.38. The number of nitrogens with one attached hydrogen (secondary N) is 1. The van der Waals surface area contributed by atoms with E-state index in [9.17, 15) is 26.3 Å². The van der Waals surface area contributed by atoms with Crippen LogP contribution in [0.3, 0.4) is 0 Å². The third-order valence-electron chi connectivity index (χ3n) is 5.77. The Balaban J connectivity index is 1.57. The van der Waals surface area contributed by atoms with Crippen molar-refractivity contribution < 1.29 is 26.3 Å². The lowest BCUT2D eigenvalue weighted by Gasteiger charge is -2.16. The van der Waals surface area contributed by atoms with E-state index in [1.165, 1.54) is 6.07 Å². The smallest absolute Gasteiger partial charge is 0.338 e. The number of likely N-dealkylation sites (tertiary alicyclic amines) is 1. The minimum atomic E-state index is -4.71. The molecule has 0 aromatic carbocycles. The van der Waals surface area contributed by atoms with Crippen LogP contribution in [0.5, 0.6) is 0 Å². The van der Waals surface area contributed by atoms with E-state index in [-0.39, 0.29) is 22.7 Å². The Morgan fingerprint density at radius 3 is 2.32 bits per heavy atom. The first kappa shape index (κ1) is 24.7. The number of fused-ring (bicyclic) bond motifs is 1. The summed E-state index contributed by atoms with van der Waals surface area (Å²) in [5.74, 6) is 0.119. The number of anilines is 2. The van der Waals surface area contributed by atoms with Crippen molar-refractivity contribution in [3.8, 4) is 11.4 Å². The molecule has 0 unspecified atom stereocenters. The molecule has 5 heterocycles. The Kier molecular flexibility index (Phi) is 6.35. The van der Waals surface area contributed by atoms with Crippen molar-refractivity contribution in [3.63, 3.8) is 0 Å². The summed E-state index contributed by atoms with van der Waals surface area (Å²) in [6, 6.07) is 3.75. The van der Waals surface area contributed by atoms with Crippen LogP contribution >= 0.6 is 0 Å². The summed E-state index contributed by atoms with van der Waals surface area (Å²) in [6.45, 7) is 2.19. The van der Waals surface area contributed by atoms with Gasteiger partial charge in [0.05, 0.1) is 23.1 Å². The summed E-state index contributed by atoms with van der Waals surface area (Å²) in [4.78, 5) is 26.3. The first-order chi connectivity index (χ1) is 17.6. The van der Waals surface area contributed by atoms with Gasteiger partial charge in [-0.05, 0) is 44.1 Å². The summed E-state index contributed by atoms with van der Waals surface area (Å²) < 4.78 is 79.3. The van der Waals surface area contributed by atoms with E-state index in [1.54, 1.807) is 6.07 Å². The zero-order chi connectivity index (χ0) is 26.2. The van der Waals surface area contributed by atoms with Crippen LogP contribution in [-0.4, -0.2) is 47.9 Å². The maximum absolute atomic E-state index is 13.5. The molecular formula is C23H18F6N8. The normalized spacial score (nSPS) is 14.9. The maximum atomic E-state index is 13.5. The molecule has 4 aromatic heterocycles. The number of aromatic nitrogens is 6. The minimum Gasteiger partial charge on any atom is -0.338 e. The van der Waals surface area contributed by atoms with Crippen LogP contribution in [0.2, 0.25) is 0 Å². The van der Waals surface area contributed by atoms with Crippen molar-refractivity contribution in [2.45, 2.75) is 31.7 Å². The molecule has 1 saturated heterocycles. The SMILES string of the molecule is FC(F)(F)c1ccc(Nc2cc(CN3CCCC3)nc3nc(-c4ncncc4C(F)(F)F)cnc23)nc1. The predicted molar refractivity (Wildman–Crippen MR) is 120 cm³/mol. The molecule has 1 aliphatic rings. The number of rotatable bonds is 5. The standard InChI is InChI=1S/C23H18F6N8/c24-22(25,26)13-3-4-18(31-8-13)35-16-7-14(11-37-5-1-2-6-37)34-21-20(16)32-10-17(36-21)19-15(23(27,28)29)9-30-12-33-19/h3-4,7-10,12H,1-2,5-6,11H2,(H,31,34,35,36). The molecular weight excluding hydrogens is 502 g/mol. The van der Waals surface area contributed by atoms with Crippen LogP contribution < -0.4 is 5.32 Å². The summed E-state index contributed by atoms with van der Waals surface area (Å²) in [7, 11) is 0. The molecule has 1 aliphatic heterocycles. The monoisotopic (exact) mass is 520 g/mol. The van der Waals surface area contributed by atoms with E-state index >= 15 is 0 Å². The van der Waals surface area contributed by atoms with Gasteiger partial charge in [-0.2, -0.15) is 26.3 Å². The zero-order valence-corrected chi connectivity index (χ0v) is 19.0. The largest absolute Gasteiger partial charge is 0.420 e. The quantitative estimate of drug-likeness (QED) is 0.357. The van der Waals surface area contributed by atoms with Gasteiger partial charge in [-0.25, -0.2) is 29.9 Å². The van der Waals surface area contributed by atoms with E-state index in [1.807, 2.05) is 0 Å². The molecule has 1 fully saturated rings. The topological polar surface area (TPSA) is 92.6 Å². The molecule has 0 saturated carbocycles. The Morgan fingerprint density at radius 1 is 0.865 bits per heavy atom. The maximum Gasteiger partial charge on any atom is 0.420 e. The van der Waals surface area contributed by atoms with Gasteiger partial charge in [0.1, 0.15) is 34.6 Å². The summed E-state index contributed by atoms with van der Waals surface area (Å²) in [6.07, 6.45) is -3.69.